The van der Waals surface area contributed by atoms with Crippen molar-refractivity contribution in [2.45, 2.75) is 0 Å². The quantitative estimate of drug-likeness (QED) is 0.368. The average molecular weight is 147 g/mol. The molecule has 2 nitrogen and oxygen atoms in total. The predicted molar refractivity (Wildman–Crippen MR) is 24.9 cm³/mol. The third-order valence-corrected chi connectivity index (χ3v) is 0.690. The molecule has 0 aromatic heterocycles. The molecule has 0 heterocycles. The molecule has 1 amide bonds. The molecule has 0 aliphatic carbocycles. The Kier molecular flexibility index (Phi) is 8.04. The van der Waals surface area contributed by atoms with Crippen molar-refractivity contribution < 1.29 is 42.5 Å². The molecule has 0 saturated carbocycles. The largest absolute Gasteiger partial charge is 0.335 e. The summed E-state index contributed by atoms with van der Waals surface area (Å²) in [6.45, 7) is 0. The molecule has 0 bridgehead atoms. The molecule has 0 radical (unpaired) electrons. The molecule has 0 N–H and O–H groups in total. The van der Waals surface area contributed by atoms with Crippen molar-refractivity contribution >= 4 is 17.0 Å². The maximum Gasteiger partial charge on any atom is 0.315 e. The number of nitrogens with zero attached hydrogens (tertiary/aromatic N) is 1. The minimum Gasteiger partial charge on any atom is -0.335 e. The Balaban J connectivity index is 0. The van der Waals surface area contributed by atoms with Gasteiger partial charge in [0, 0.05) is 51.8 Å². The van der Waals surface area contributed by atoms with Gasteiger partial charge in [0.05, 0.1) is 0 Å². The van der Waals surface area contributed by atoms with Gasteiger partial charge >= 0.3 is 5.37 Å². The number of halogens is 1. The summed E-state index contributed by atoms with van der Waals surface area (Å²) in [5.74, 6) is 0. The first-order chi connectivity index (χ1) is 2.64. The van der Waals surface area contributed by atoms with Crippen LogP contribution in [-0.4, -0.2) is 24.4 Å². The topological polar surface area (TPSA) is 20.3 Å². The van der Waals surface area contributed by atoms with Gasteiger partial charge in [-0.3, -0.25) is 4.79 Å². The van der Waals surface area contributed by atoms with Gasteiger partial charge in [0.1, 0.15) is 0 Å². The molecule has 0 aliphatic heterocycles. The molecule has 7 heavy (non-hydrogen) atoms. The number of amides is 1. The van der Waals surface area contributed by atoms with Crippen LogP contribution >= 0.6 is 11.6 Å². The summed E-state index contributed by atoms with van der Waals surface area (Å²) in [6, 6.07) is 0. The summed E-state index contributed by atoms with van der Waals surface area (Å²) in [7, 11) is 3.19. The zero-order valence-corrected chi connectivity index (χ0v) is 5.55. The van der Waals surface area contributed by atoms with Crippen LogP contribution in [0.3, 0.4) is 0 Å². The van der Waals surface area contributed by atoms with Gasteiger partial charge in [-0.05, 0) is 11.6 Å². The van der Waals surface area contributed by atoms with Crippen LogP contribution < -0.4 is 0 Å². The normalized spacial score (nSPS) is 6.71. The van der Waals surface area contributed by atoms with Crippen molar-refractivity contribution in [3.05, 3.63) is 0 Å². The van der Waals surface area contributed by atoms with E-state index < -0.39 is 5.37 Å². The summed E-state index contributed by atoms with van der Waals surface area (Å²) in [5.41, 5.74) is 0. The van der Waals surface area contributed by atoms with Crippen LogP contribution in [0.5, 0.6) is 0 Å². The van der Waals surface area contributed by atoms with E-state index in [9.17, 15) is 4.79 Å². The second-order valence-electron chi connectivity index (χ2n) is 1.15. The van der Waals surface area contributed by atoms with Crippen LogP contribution in [0.25, 0.3) is 0 Å². The Morgan fingerprint density at radius 3 is 1.71 bits per heavy atom. The standard InChI is InChI=1S/C3H6ClNO.Ar/c1-5(2)3(4)6;/h1-2H3;. The fourth-order valence-corrected chi connectivity index (χ4v) is 0. The van der Waals surface area contributed by atoms with E-state index in [1.165, 1.54) is 4.90 Å². The summed E-state index contributed by atoms with van der Waals surface area (Å²) >= 11 is 4.90. The van der Waals surface area contributed by atoms with Crippen LogP contribution in [-0.2, 0) is 0 Å². The first-order valence-corrected chi connectivity index (χ1v) is 1.89. The van der Waals surface area contributed by atoms with Crippen molar-refractivity contribution in [1.29, 1.82) is 0 Å². The van der Waals surface area contributed by atoms with Crippen LogP contribution in [0.1, 0.15) is 0 Å². The molecule has 0 spiro atoms. The van der Waals surface area contributed by atoms with Crippen LogP contribution in [0.2, 0.25) is 0 Å². The zero-order chi connectivity index (χ0) is 5.15. The summed E-state index contributed by atoms with van der Waals surface area (Å²) in [5, 5.41) is -0.435. The van der Waals surface area contributed by atoms with Gasteiger partial charge in [-0.25, -0.2) is 0 Å². The van der Waals surface area contributed by atoms with Crippen molar-refractivity contribution in [2.75, 3.05) is 14.1 Å². The molecular formula is C3H6ArClNO. The van der Waals surface area contributed by atoms with E-state index in [1.807, 2.05) is 0 Å². The van der Waals surface area contributed by atoms with Gasteiger partial charge in [0.15, 0.2) is 0 Å². The van der Waals surface area contributed by atoms with Crippen LogP contribution in [0, 0.1) is 37.7 Å². The van der Waals surface area contributed by atoms with E-state index in [4.69, 9.17) is 11.6 Å². The van der Waals surface area contributed by atoms with Crippen molar-refractivity contribution in [2.24, 2.45) is 0 Å². The van der Waals surface area contributed by atoms with Crippen molar-refractivity contribution in [1.82, 2.24) is 4.90 Å². The number of carbonyl (C=O) groups excluding carboxylic acids is 1. The molecule has 0 fully saturated rings. The maximum atomic E-state index is 9.83. The summed E-state index contributed by atoms with van der Waals surface area (Å²) in [6.07, 6.45) is 0. The number of hydrogen-bond donors (Lipinski definition) is 0. The Bertz CT molecular complexity index is 66.0. The Hall–Kier alpha value is 1.02. The third-order valence-electron chi connectivity index (χ3n) is 0.352. The summed E-state index contributed by atoms with van der Waals surface area (Å²) in [4.78, 5) is 11.1. The maximum absolute atomic E-state index is 9.83. The third kappa shape index (κ3) is 7.02. The van der Waals surface area contributed by atoms with Gasteiger partial charge in [-0.1, -0.05) is 0 Å². The first kappa shape index (κ1) is 10.9. The van der Waals surface area contributed by atoms with Gasteiger partial charge in [0.2, 0.25) is 0 Å². The second-order valence-corrected chi connectivity index (χ2v) is 1.47. The predicted octanol–water partition coefficient (Wildman–Crippen LogP) is 0.907. The fourth-order valence-electron chi connectivity index (χ4n) is 0. The summed E-state index contributed by atoms with van der Waals surface area (Å²) < 4.78 is 0. The van der Waals surface area contributed by atoms with Gasteiger partial charge < -0.3 is 4.90 Å². The minimum absolute atomic E-state index is 0. The van der Waals surface area contributed by atoms with E-state index in [2.05, 4.69) is 0 Å². The van der Waals surface area contributed by atoms with Crippen molar-refractivity contribution in [3.8, 4) is 0 Å². The molecule has 0 aromatic carbocycles. The SMILES string of the molecule is CN(C)C(=O)Cl.[Ar]. The Morgan fingerprint density at radius 2 is 1.71 bits per heavy atom. The molecule has 0 aliphatic rings. The molecule has 0 rings (SSSR count). The molecule has 44 valence electrons. The minimum atomic E-state index is -0.435. The van der Waals surface area contributed by atoms with E-state index >= 15 is 0 Å². The molecule has 0 saturated heterocycles. The van der Waals surface area contributed by atoms with E-state index in [-0.39, 0.29) is 37.7 Å². The Morgan fingerprint density at radius 1 is 1.57 bits per heavy atom. The van der Waals surface area contributed by atoms with E-state index in [1.54, 1.807) is 14.1 Å². The Labute approximate surface area is 77.8 Å². The van der Waals surface area contributed by atoms with Crippen molar-refractivity contribution in [3.63, 3.8) is 0 Å². The molecule has 0 atom stereocenters. The molecular weight excluding hydrogens is 141 g/mol. The van der Waals surface area contributed by atoms with E-state index in [0.717, 1.165) is 0 Å². The zero-order valence-electron chi connectivity index (χ0n) is 4.09. The monoisotopic (exact) mass is 147 g/mol. The van der Waals surface area contributed by atoms with E-state index in [0.29, 0.717) is 0 Å². The average Bonchev–Trinajstić information content (AvgIpc) is 1.36. The fraction of sp³-hybridized carbons (Fsp3) is 0.667. The first-order valence-electron chi connectivity index (χ1n) is 1.51. The van der Waals surface area contributed by atoms with Gasteiger partial charge in [0.25, 0.3) is 0 Å². The second kappa shape index (κ2) is 5.16. The number of hydrogen-bond acceptors (Lipinski definition) is 1. The van der Waals surface area contributed by atoms with Gasteiger partial charge in [-0.15, -0.1) is 0 Å². The van der Waals surface area contributed by atoms with Gasteiger partial charge in [-0.2, -0.15) is 0 Å². The molecule has 0 aromatic rings. The van der Waals surface area contributed by atoms with Crippen LogP contribution in [0.15, 0.2) is 0 Å². The number of carbonyl (C=O) groups is 1. The molecule has 4 heteroatoms. The smallest absolute Gasteiger partial charge is 0.315 e. The number of rotatable bonds is 0. The molecule has 0 unspecified atom stereocenters. The van der Waals surface area contributed by atoms with Crippen LogP contribution in [0.4, 0.5) is 4.79 Å².